The minimum Gasteiger partial charge on any atom is -0.384 e. The van der Waals surface area contributed by atoms with Gasteiger partial charge in [0.2, 0.25) is 0 Å². The Labute approximate surface area is 140 Å². The summed E-state index contributed by atoms with van der Waals surface area (Å²) in [6.45, 7) is 2.68. The lowest BCUT2D eigenvalue weighted by atomic mass is 9.97. The predicted octanol–water partition coefficient (Wildman–Crippen LogP) is 1.62. The van der Waals surface area contributed by atoms with Gasteiger partial charge < -0.3 is 10.4 Å². The molecule has 0 spiro atoms. The van der Waals surface area contributed by atoms with Crippen molar-refractivity contribution in [1.82, 2.24) is 10.2 Å². The fourth-order valence-electron chi connectivity index (χ4n) is 2.88. The fourth-order valence-corrected chi connectivity index (χ4v) is 2.88. The van der Waals surface area contributed by atoms with Gasteiger partial charge in [-0.25, -0.2) is 0 Å². The second-order valence-corrected chi connectivity index (χ2v) is 5.95. The summed E-state index contributed by atoms with van der Waals surface area (Å²) in [5.41, 5.74) is 2.01. The van der Waals surface area contributed by atoms with Gasteiger partial charge in [0.25, 0.3) is 5.91 Å². The van der Waals surface area contributed by atoms with E-state index in [4.69, 9.17) is 5.11 Å². The first-order chi connectivity index (χ1) is 11.6. The zero-order valence-corrected chi connectivity index (χ0v) is 13.5. The SMILES string of the molecule is O=C(NCC1CCCN(Cc2ccc(C#CCO)cc2)C1)C(F)F. The van der Waals surface area contributed by atoms with Crippen molar-refractivity contribution in [3.63, 3.8) is 0 Å². The molecule has 1 amide bonds. The van der Waals surface area contributed by atoms with Crippen LogP contribution in [0.15, 0.2) is 24.3 Å². The van der Waals surface area contributed by atoms with Crippen molar-refractivity contribution in [2.75, 3.05) is 26.2 Å². The Kier molecular flexibility index (Phi) is 7.16. The van der Waals surface area contributed by atoms with Gasteiger partial charge in [0.05, 0.1) is 0 Å². The molecule has 1 aromatic rings. The van der Waals surface area contributed by atoms with Crippen molar-refractivity contribution >= 4 is 5.91 Å². The molecule has 1 unspecified atom stereocenters. The van der Waals surface area contributed by atoms with Crippen LogP contribution in [-0.2, 0) is 11.3 Å². The molecule has 1 atom stereocenters. The van der Waals surface area contributed by atoms with Crippen LogP contribution in [0.2, 0.25) is 0 Å². The average molecular weight is 336 g/mol. The van der Waals surface area contributed by atoms with Gasteiger partial charge >= 0.3 is 6.43 Å². The van der Waals surface area contributed by atoms with Crippen molar-refractivity contribution in [3.05, 3.63) is 35.4 Å². The lowest BCUT2D eigenvalue weighted by Crippen LogP contribution is -2.41. The molecule has 4 nitrogen and oxygen atoms in total. The summed E-state index contributed by atoms with van der Waals surface area (Å²) in [6, 6.07) is 7.84. The first-order valence-electron chi connectivity index (χ1n) is 8.05. The van der Waals surface area contributed by atoms with E-state index in [0.29, 0.717) is 6.54 Å². The number of piperidine rings is 1. The Morgan fingerprint density at radius 3 is 2.79 bits per heavy atom. The molecule has 1 saturated heterocycles. The molecular formula is C18H22F2N2O2. The molecule has 6 heteroatoms. The number of nitrogens with zero attached hydrogens (tertiary/aromatic N) is 1. The molecule has 1 aliphatic heterocycles. The van der Waals surface area contributed by atoms with E-state index in [1.54, 1.807) is 0 Å². The van der Waals surface area contributed by atoms with Crippen molar-refractivity contribution in [2.24, 2.45) is 5.92 Å². The zero-order valence-electron chi connectivity index (χ0n) is 13.5. The summed E-state index contributed by atoms with van der Waals surface area (Å²) >= 11 is 0. The lowest BCUT2D eigenvalue weighted by Gasteiger charge is -2.32. The Hall–Kier alpha value is -1.97. The number of carbonyl (C=O) groups is 1. The number of rotatable bonds is 5. The van der Waals surface area contributed by atoms with Gasteiger partial charge in [0, 0.05) is 25.2 Å². The van der Waals surface area contributed by atoms with Crippen LogP contribution in [0.3, 0.4) is 0 Å². The molecule has 0 bridgehead atoms. The van der Waals surface area contributed by atoms with E-state index in [-0.39, 0.29) is 12.5 Å². The highest BCUT2D eigenvalue weighted by molar-refractivity contribution is 5.79. The van der Waals surface area contributed by atoms with E-state index < -0.39 is 12.3 Å². The number of hydrogen-bond acceptors (Lipinski definition) is 3. The third kappa shape index (κ3) is 5.91. The minimum absolute atomic E-state index is 0.154. The molecule has 1 aromatic carbocycles. The normalized spacial score (nSPS) is 18.1. The van der Waals surface area contributed by atoms with Crippen LogP contribution in [-0.4, -0.2) is 48.6 Å². The van der Waals surface area contributed by atoms with E-state index in [1.165, 1.54) is 0 Å². The molecular weight excluding hydrogens is 314 g/mol. The quantitative estimate of drug-likeness (QED) is 0.804. The Bertz CT molecular complexity index is 593. The fraction of sp³-hybridized carbons (Fsp3) is 0.500. The molecule has 1 heterocycles. The van der Waals surface area contributed by atoms with Crippen LogP contribution in [0.25, 0.3) is 0 Å². The van der Waals surface area contributed by atoms with Gasteiger partial charge in [-0.1, -0.05) is 24.0 Å². The van der Waals surface area contributed by atoms with Crippen LogP contribution in [0.5, 0.6) is 0 Å². The maximum absolute atomic E-state index is 12.2. The molecule has 0 radical (unpaired) electrons. The number of hydrogen-bond donors (Lipinski definition) is 2. The average Bonchev–Trinajstić information content (AvgIpc) is 2.59. The second kappa shape index (κ2) is 9.36. The van der Waals surface area contributed by atoms with Crippen LogP contribution >= 0.6 is 0 Å². The summed E-state index contributed by atoms with van der Waals surface area (Å²) in [5, 5.41) is 11.0. The number of aliphatic hydroxyl groups is 1. The number of alkyl halides is 2. The first-order valence-corrected chi connectivity index (χ1v) is 8.05. The number of halogens is 2. The maximum Gasteiger partial charge on any atom is 0.315 e. The summed E-state index contributed by atoms with van der Waals surface area (Å²) in [5.74, 6) is 4.48. The number of amides is 1. The highest BCUT2D eigenvalue weighted by Gasteiger charge is 2.22. The van der Waals surface area contributed by atoms with Crippen LogP contribution < -0.4 is 5.32 Å². The van der Waals surface area contributed by atoms with Gasteiger partial charge in [-0.05, 0) is 43.0 Å². The van der Waals surface area contributed by atoms with Gasteiger partial charge in [0.15, 0.2) is 0 Å². The van der Waals surface area contributed by atoms with Crippen LogP contribution in [0.4, 0.5) is 8.78 Å². The summed E-state index contributed by atoms with van der Waals surface area (Å²) in [4.78, 5) is 13.2. The molecule has 1 aliphatic rings. The number of benzene rings is 1. The Balaban J connectivity index is 1.83. The third-order valence-electron chi connectivity index (χ3n) is 4.04. The molecule has 0 saturated carbocycles. The monoisotopic (exact) mass is 336 g/mol. The summed E-state index contributed by atoms with van der Waals surface area (Å²) in [7, 11) is 0. The number of nitrogens with one attached hydrogen (secondary N) is 1. The molecule has 2 N–H and O–H groups in total. The molecule has 130 valence electrons. The highest BCUT2D eigenvalue weighted by Crippen LogP contribution is 2.18. The lowest BCUT2D eigenvalue weighted by molar-refractivity contribution is -0.132. The van der Waals surface area contributed by atoms with Gasteiger partial charge in [-0.2, -0.15) is 8.78 Å². The number of likely N-dealkylation sites (tertiary alicyclic amines) is 1. The van der Waals surface area contributed by atoms with Crippen molar-refractivity contribution in [1.29, 1.82) is 0 Å². The summed E-state index contributed by atoms with van der Waals surface area (Å²) < 4.78 is 24.4. The molecule has 0 aliphatic carbocycles. The first kappa shape index (κ1) is 18.4. The van der Waals surface area contributed by atoms with Crippen molar-refractivity contribution in [3.8, 4) is 11.8 Å². The second-order valence-electron chi connectivity index (χ2n) is 5.95. The van der Waals surface area contributed by atoms with E-state index in [1.807, 2.05) is 24.3 Å². The molecule has 24 heavy (non-hydrogen) atoms. The number of aliphatic hydroxyl groups excluding tert-OH is 1. The van der Waals surface area contributed by atoms with E-state index in [0.717, 1.165) is 43.6 Å². The van der Waals surface area contributed by atoms with Crippen LogP contribution in [0, 0.1) is 17.8 Å². The van der Waals surface area contributed by atoms with Crippen molar-refractivity contribution < 1.29 is 18.7 Å². The maximum atomic E-state index is 12.2. The third-order valence-corrected chi connectivity index (χ3v) is 4.04. The molecule has 2 rings (SSSR count). The van der Waals surface area contributed by atoms with E-state index >= 15 is 0 Å². The predicted molar refractivity (Wildman–Crippen MR) is 87.4 cm³/mol. The Morgan fingerprint density at radius 2 is 2.12 bits per heavy atom. The number of carbonyl (C=O) groups excluding carboxylic acids is 1. The topological polar surface area (TPSA) is 52.6 Å². The Morgan fingerprint density at radius 1 is 1.38 bits per heavy atom. The van der Waals surface area contributed by atoms with Crippen molar-refractivity contribution in [2.45, 2.75) is 25.8 Å². The molecule has 1 fully saturated rings. The van der Waals surface area contributed by atoms with Crippen LogP contribution in [0.1, 0.15) is 24.0 Å². The standard InChI is InChI=1S/C18H22F2N2O2/c19-17(20)18(24)21-11-16-3-1-9-22(13-16)12-15-7-5-14(6-8-15)4-2-10-23/h5-8,16-17,23H,1,3,9-13H2,(H,21,24). The van der Waals surface area contributed by atoms with Gasteiger partial charge in [0.1, 0.15) is 6.61 Å². The van der Waals surface area contributed by atoms with Gasteiger partial charge in [-0.15, -0.1) is 0 Å². The minimum atomic E-state index is -2.95. The highest BCUT2D eigenvalue weighted by atomic mass is 19.3. The van der Waals surface area contributed by atoms with Gasteiger partial charge in [-0.3, -0.25) is 9.69 Å². The van der Waals surface area contributed by atoms with E-state index in [9.17, 15) is 13.6 Å². The van der Waals surface area contributed by atoms with E-state index in [2.05, 4.69) is 22.1 Å². The largest absolute Gasteiger partial charge is 0.384 e. The zero-order chi connectivity index (χ0) is 17.4. The molecule has 0 aromatic heterocycles. The summed E-state index contributed by atoms with van der Waals surface area (Å²) in [6.07, 6.45) is -1.01. The smallest absolute Gasteiger partial charge is 0.315 e.